The van der Waals surface area contributed by atoms with Gasteiger partial charge in [-0.2, -0.15) is 0 Å². The second-order valence-corrected chi connectivity index (χ2v) is 5.56. The molecule has 0 aliphatic heterocycles. The Kier molecular flexibility index (Phi) is 8.50. The van der Waals surface area contributed by atoms with E-state index in [1.165, 1.54) is 0 Å². The minimum atomic E-state index is 0.609. The highest BCUT2D eigenvalue weighted by Crippen LogP contribution is 2.33. The van der Waals surface area contributed by atoms with Gasteiger partial charge in [-0.15, -0.1) is 0 Å². The highest BCUT2D eigenvalue weighted by atomic mass is 35.5. The number of nitrogens with one attached hydrogen (secondary N) is 1. The first kappa shape index (κ1) is 18.1. The molecule has 0 radical (unpaired) electrons. The Morgan fingerprint density at radius 1 is 1.14 bits per heavy atom. The van der Waals surface area contributed by atoms with E-state index in [1.54, 1.807) is 0 Å². The molecule has 0 saturated carbocycles. The second kappa shape index (κ2) is 9.87. The molecule has 0 aromatic heterocycles. The predicted molar refractivity (Wildman–Crippen MR) is 88.7 cm³/mol. The Morgan fingerprint density at radius 2 is 1.86 bits per heavy atom. The standard InChI is InChI=1S/C16H27ClN2O2/c1-5-9-21-16-11-14(17)13(10-15(16)20-6-2)12-18-7-8-19(3)4/h10-11,18H,5-9,12H2,1-4H3. The van der Waals surface area contributed by atoms with Crippen molar-refractivity contribution in [2.45, 2.75) is 26.8 Å². The predicted octanol–water partition coefficient (Wildman–Crippen LogP) is 3.18. The normalized spacial score (nSPS) is 11.0. The van der Waals surface area contributed by atoms with E-state index in [4.69, 9.17) is 21.1 Å². The third kappa shape index (κ3) is 6.55. The van der Waals surface area contributed by atoms with Gasteiger partial charge < -0.3 is 19.7 Å². The lowest BCUT2D eigenvalue weighted by Gasteiger charge is -2.15. The molecule has 5 heteroatoms. The van der Waals surface area contributed by atoms with Gasteiger partial charge in [-0.3, -0.25) is 0 Å². The fraction of sp³-hybridized carbons (Fsp3) is 0.625. The number of hydrogen-bond donors (Lipinski definition) is 1. The zero-order valence-electron chi connectivity index (χ0n) is 13.5. The molecule has 1 N–H and O–H groups in total. The summed E-state index contributed by atoms with van der Waals surface area (Å²) in [6, 6.07) is 3.82. The van der Waals surface area contributed by atoms with Gasteiger partial charge in [0.2, 0.25) is 0 Å². The Bertz CT molecular complexity index is 425. The van der Waals surface area contributed by atoms with Gasteiger partial charge in [-0.25, -0.2) is 0 Å². The second-order valence-electron chi connectivity index (χ2n) is 5.15. The van der Waals surface area contributed by atoms with Crippen LogP contribution in [-0.2, 0) is 6.54 Å². The molecule has 0 heterocycles. The number of benzene rings is 1. The van der Waals surface area contributed by atoms with E-state index in [-0.39, 0.29) is 0 Å². The summed E-state index contributed by atoms with van der Waals surface area (Å²) in [6.45, 7) is 7.95. The average molecular weight is 315 g/mol. The van der Waals surface area contributed by atoms with E-state index in [0.29, 0.717) is 18.2 Å². The van der Waals surface area contributed by atoms with Crippen molar-refractivity contribution in [3.05, 3.63) is 22.7 Å². The molecule has 0 unspecified atom stereocenters. The maximum absolute atomic E-state index is 6.34. The van der Waals surface area contributed by atoms with Crippen LogP contribution in [0.3, 0.4) is 0 Å². The average Bonchev–Trinajstić information content (AvgIpc) is 2.44. The maximum Gasteiger partial charge on any atom is 0.162 e. The first-order chi connectivity index (χ1) is 10.1. The van der Waals surface area contributed by atoms with Crippen molar-refractivity contribution in [3.63, 3.8) is 0 Å². The van der Waals surface area contributed by atoms with Gasteiger partial charge in [0.25, 0.3) is 0 Å². The summed E-state index contributed by atoms with van der Waals surface area (Å²) in [7, 11) is 4.11. The Morgan fingerprint density at radius 3 is 2.48 bits per heavy atom. The number of halogens is 1. The Hall–Kier alpha value is -0.970. The van der Waals surface area contributed by atoms with Gasteiger partial charge in [0.05, 0.1) is 13.2 Å². The molecule has 0 amide bonds. The molecule has 1 aromatic rings. The van der Waals surface area contributed by atoms with Crippen LogP contribution in [-0.4, -0.2) is 45.3 Å². The van der Waals surface area contributed by atoms with Crippen LogP contribution in [0.15, 0.2) is 12.1 Å². The summed E-state index contributed by atoms with van der Waals surface area (Å²) < 4.78 is 11.3. The molecule has 0 saturated heterocycles. The number of nitrogens with zero attached hydrogens (tertiary/aromatic N) is 1. The molecule has 0 bridgehead atoms. The number of rotatable bonds is 10. The van der Waals surface area contributed by atoms with Gasteiger partial charge in [-0.1, -0.05) is 18.5 Å². The van der Waals surface area contributed by atoms with E-state index >= 15 is 0 Å². The first-order valence-electron chi connectivity index (χ1n) is 7.51. The number of likely N-dealkylation sites (N-methyl/N-ethyl adjacent to an activating group) is 1. The monoisotopic (exact) mass is 314 g/mol. The van der Waals surface area contributed by atoms with Crippen LogP contribution in [0.5, 0.6) is 11.5 Å². The molecule has 21 heavy (non-hydrogen) atoms. The van der Waals surface area contributed by atoms with E-state index < -0.39 is 0 Å². The van der Waals surface area contributed by atoms with Crippen LogP contribution in [0.1, 0.15) is 25.8 Å². The largest absolute Gasteiger partial charge is 0.490 e. The molecule has 1 rings (SSSR count). The van der Waals surface area contributed by atoms with E-state index in [0.717, 1.165) is 43.1 Å². The topological polar surface area (TPSA) is 33.7 Å². The molecule has 0 spiro atoms. The lowest BCUT2D eigenvalue weighted by Crippen LogP contribution is -2.26. The zero-order chi connectivity index (χ0) is 15.7. The molecular formula is C16H27ClN2O2. The summed E-state index contributed by atoms with van der Waals surface area (Å²) in [5.74, 6) is 1.49. The van der Waals surface area contributed by atoms with Crippen LogP contribution >= 0.6 is 11.6 Å². The number of hydrogen-bond acceptors (Lipinski definition) is 4. The minimum Gasteiger partial charge on any atom is -0.490 e. The van der Waals surface area contributed by atoms with Crippen LogP contribution in [0.25, 0.3) is 0 Å². The Balaban J connectivity index is 2.73. The molecule has 0 aliphatic carbocycles. The summed E-state index contributed by atoms with van der Waals surface area (Å²) in [5.41, 5.74) is 1.03. The number of ether oxygens (including phenoxy) is 2. The van der Waals surface area contributed by atoms with Crippen molar-refractivity contribution in [2.24, 2.45) is 0 Å². The van der Waals surface area contributed by atoms with Gasteiger partial charge in [0.1, 0.15) is 0 Å². The van der Waals surface area contributed by atoms with Gasteiger partial charge in [0.15, 0.2) is 11.5 Å². The van der Waals surface area contributed by atoms with E-state index in [2.05, 4.69) is 31.2 Å². The lowest BCUT2D eigenvalue weighted by atomic mass is 10.2. The van der Waals surface area contributed by atoms with Crippen molar-refractivity contribution < 1.29 is 9.47 Å². The summed E-state index contributed by atoms with van der Waals surface area (Å²) in [6.07, 6.45) is 0.955. The maximum atomic E-state index is 6.34. The molecule has 120 valence electrons. The minimum absolute atomic E-state index is 0.609. The SMILES string of the molecule is CCCOc1cc(Cl)c(CNCCN(C)C)cc1OCC. The van der Waals surface area contributed by atoms with Gasteiger partial charge >= 0.3 is 0 Å². The molecular weight excluding hydrogens is 288 g/mol. The smallest absolute Gasteiger partial charge is 0.162 e. The van der Waals surface area contributed by atoms with Crippen molar-refractivity contribution in [3.8, 4) is 11.5 Å². The molecule has 0 atom stereocenters. The fourth-order valence-electron chi connectivity index (χ4n) is 1.83. The third-order valence-electron chi connectivity index (χ3n) is 2.93. The van der Waals surface area contributed by atoms with Crippen molar-refractivity contribution in [1.29, 1.82) is 0 Å². The first-order valence-corrected chi connectivity index (χ1v) is 7.89. The molecule has 1 aromatic carbocycles. The highest BCUT2D eigenvalue weighted by molar-refractivity contribution is 6.31. The van der Waals surface area contributed by atoms with Crippen molar-refractivity contribution in [2.75, 3.05) is 40.4 Å². The van der Waals surface area contributed by atoms with Crippen LogP contribution in [0.4, 0.5) is 0 Å². The van der Waals surface area contributed by atoms with E-state index in [9.17, 15) is 0 Å². The van der Waals surface area contributed by atoms with Gasteiger partial charge in [0, 0.05) is 30.7 Å². The van der Waals surface area contributed by atoms with Crippen LogP contribution in [0, 0.1) is 0 Å². The summed E-state index contributed by atoms with van der Waals surface area (Å²) in [5, 5.41) is 4.09. The van der Waals surface area contributed by atoms with Gasteiger partial charge in [-0.05, 0) is 39.1 Å². The van der Waals surface area contributed by atoms with Crippen LogP contribution in [0.2, 0.25) is 5.02 Å². The zero-order valence-corrected chi connectivity index (χ0v) is 14.3. The van der Waals surface area contributed by atoms with E-state index in [1.807, 2.05) is 19.1 Å². The van der Waals surface area contributed by atoms with Crippen molar-refractivity contribution in [1.82, 2.24) is 10.2 Å². The Labute approximate surface area is 133 Å². The fourth-order valence-corrected chi connectivity index (χ4v) is 2.05. The highest BCUT2D eigenvalue weighted by Gasteiger charge is 2.11. The summed E-state index contributed by atoms with van der Waals surface area (Å²) in [4.78, 5) is 2.14. The molecule has 0 fully saturated rings. The quantitative estimate of drug-likeness (QED) is 0.673. The third-order valence-corrected chi connectivity index (χ3v) is 3.28. The molecule has 0 aliphatic rings. The lowest BCUT2D eigenvalue weighted by molar-refractivity contribution is 0.276. The van der Waals surface area contributed by atoms with Crippen molar-refractivity contribution >= 4 is 11.6 Å². The van der Waals surface area contributed by atoms with Crippen LogP contribution < -0.4 is 14.8 Å². The summed E-state index contributed by atoms with van der Waals surface area (Å²) >= 11 is 6.34. The molecule has 4 nitrogen and oxygen atoms in total.